The van der Waals surface area contributed by atoms with E-state index >= 15 is 0 Å². The van der Waals surface area contributed by atoms with E-state index in [1.807, 2.05) is 0 Å². The number of nitrogens with zero attached hydrogens (tertiary/aromatic N) is 1. The van der Waals surface area contributed by atoms with Gasteiger partial charge in [0, 0.05) is 13.1 Å². The third-order valence-corrected chi connectivity index (χ3v) is 1.74. The lowest BCUT2D eigenvalue weighted by Crippen LogP contribution is -2.50. The van der Waals surface area contributed by atoms with E-state index in [2.05, 4.69) is 32.7 Å². The van der Waals surface area contributed by atoms with Gasteiger partial charge in [-0.05, 0) is 27.8 Å². The lowest BCUT2D eigenvalue weighted by molar-refractivity contribution is -0.122. The van der Waals surface area contributed by atoms with Crippen LogP contribution in [0.1, 0.15) is 20.8 Å². The Morgan fingerprint density at radius 1 is 1.50 bits per heavy atom. The molecule has 0 saturated carbocycles. The van der Waals surface area contributed by atoms with Gasteiger partial charge in [0.15, 0.2) is 0 Å². The topological polar surface area (TPSA) is 12.5 Å². The summed E-state index contributed by atoms with van der Waals surface area (Å²) in [5.74, 6) is 0. The van der Waals surface area contributed by atoms with Crippen molar-refractivity contribution in [2.45, 2.75) is 32.5 Å². The van der Waals surface area contributed by atoms with Gasteiger partial charge in [-0.1, -0.05) is 0 Å². The standard InChI is InChI=1S/C8H17NO/c1-7-5-9(4)6-8(2,3)10-7/h7H,5-6H2,1-4H3. The molecule has 1 aliphatic rings. The maximum atomic E-state index is 5.70. The van der Waals surface area contributed by atoms with Crippen molar-refractivity contribution in [3.63, 3.8) is 0 Å². The molecule has 1 heterocycles. The first-order valence-electron chi connectivity index (χ1n) is 3.86. The smallest absolute Gasteiger partial charge is 0.0757 e. The Hall–Kier alpha value is -0.0800. The molecule has 1 fully saturated rings. The van der Waals surface area contributed by atoms with Gasteiger partial charge in [0.25, 0.3) is 0 Å². The molecule has 0 aromatic rings. The maximum Gasteiger partial charge on any atom is 0.0757 e. The number of rotatable bonds is 0. The number of ether oxygens (including phenoxy) is 1. The van der Waals surface area contributed by atoms with Gasteiger partial charge < -0.3 is 9.64 Å². The van der Waals surface area contributed by atoms with E-state index in [4.69, 9.17) is 4.74 Å². The summed E-state index contributed by atoms with van der Waals surface area (Å²) >= 11 is 0. The maximum absolute atomic E-state index is 5.70. The molecule has 1 rings (SSSR count). The molecule has 0 aromatic carbocycles. The average molecular weight is 143 g/mol. The van der Waals surface area contributed by atoms with Crippen molar-refractivity contribution in [3.05, 3.63) is 0 Å². The highest BCUT2D eigenvalue weighted by Crippen LogP contribution is 2.18. The molecule has 0 aromatic heterocycles. The van der Waals surface area contributed by atoms with Gasteiger partial charge in [0.2, 0.25) is 0 Å². The van der Waals surface area contributed by atoms with Crippen LogP contribution in [0.4, 0.5) is 0 Å². The van der Waals surface area contributed by atoms with Gasteiger partial charge in [-0.15, -0.1) is 0 Å². The second kappa shape index (κ2) is 2.51. The van der Waals surface area contributed by atoms with Crippen LogP contribution in [0.5, 0.6) is 0 Å². The summed E-state index contributed by atoms with van der Waals surface area (Å²) < 4.78 is 5.70. The molecule has 1 saturated heterocycles. The summed E-state index contributed by atoms with van der Waals surface area (Å²) in [7, 11) is 2.14. The summed E-state index contributed by atoms with van der Waals surface area (Å²) in [6, 6.07) is 0. The Kier molecular flexibility index (Phi) is 2.02. The molecule has 0 bridgehead atoms. The van der Waals surface area contributed by atoms with Gasteiger partial charge >= 0.3 is 0 Å². The van der Waals surface area contributed by atoms with Crippen LogP contribution in [0.2, 0.25) is 0 Å². The van der Waals surface area contributed by atoms with Crippen LogP contribution in [0.3, 0.4) is 0 Å². The Morgan fingerprint density at radius 2 is 2.10 bits per heavy atom. The Bertz CT molecular complexity index is 110. The highest BCUT2D eigenvalue weighted by molar-refractivity contribution is 4.80. The molecule has 0 radical (unpaired) electrons. The van der Waals surface area contributed by atoms with Crippen molar-refractivity contribution in [3.8, 4) is 0 Å². The highest BCUT2D eigenvalue weighted by Gasteiger charge is 2.28. The molecular weight excluding hydrogens is 126 g/mol. The Morgan fingerprint density at radius 3 is 2.50 bits per heavy atom. The van der Waals surface area contributed by atoms with E-state index in [9.17, 15) is 0 Å². The summed E-state index contributed by atoms with van der Waals surface area (Å²) in [6.07, 6.45) is 0.383. The minimum absolute atomic E-state index is 0.0480. The van der Waals surface area contributed by atoms with Crippen LogP contribution >= 0.6 is 0 Å². The number of hydrogen-bond donors (Lipinski definition) is 0. The van der Waals surface area contributed by atoms with E-state index in [-0.39, 0.29) is 5.60 Å². The van der Waals surface area contributed by atoms with E-state index < -0.39 is 0 Å². The lowest BCUT2D eigenvalue weighted by atomic mass is 10.1. The van der Waals surface area contributed by atoms with Gasteiger partial charge in [-0.2, -0.15) is 0 Å². The zero-order valence-corrected chi connectivity index (χ0v) is 7.35. The van der Waals surface area contributed by atoms with E-state index in [1.165, 1.54) is 0 Å². The van der Waals surface area contributed by atoms with Gasteiger partial charge in [0.1, 0.15) is 0 Å². The molecule has 10 heavy (non-hydrogen) atoms. The van der Waals surface area contributed by atoms with Crippen molar-refractivity contribution >= 4 is 0 Å². The molecule has 2 nitrogen and oxygen atoms in total. The van der Waals surface area contributed by atoms with Crippen LogP contribution in [0.15, 0.2) is 0 Å². The monoisotopic (exact) mass is 143 g/mol. The molecule has 0 aliphatic carbocycles. The molecule has 60 valence electrons. The van der Waals surface area contributed by atoms with E-state index in [0.717, 1.165) is 13.1 Å². The molecule has 0 amide bonds. The second-order valence-electron chi connectivity index (χ2n) is 3.88. The van der Waals surface area contributed by atoms with Crippen LogP contribution in [-0.4, -0.2) is 36.7 Å². The van der Waals surface area contributed by atoms with Gasteiger partial charge in [-0.25, -0.2) is 0 Å². The Labute approximate surface area is 63.2 Å². The zero-order chi connectivity index (χ0) is 7.78. The van der Waals surface area contributed by atoms with Crippen molar-refractivity contribution in [1.29, 1.82) is 0 Å². The average Bonchev–Trinajstić information content (AvgIpc) is 1.54. The fraction of sp³-hybridized carbons (Fsp3) is 1.00. The summed E-state index contributed by atoms with van der Waals surface area (Å²) in [4.78, 5) is 2.31. The molecule has 0 spiro atoms. The SMILES string of the molecule is CC1CN(C)CC(C)(C)O1. The summed E-state index contributed by atoms with van der Waals surface area (Å²) in [5.41, 5.74) is 0.0480. The van der Waals surface area contributed by atoms with Gasteiger partial charge in [0.05, 0.1) is 11.7 Å². The summed E-state index contributed by atoms with van der Waals surface area (Å²) in [6.45, 7) is 8.50. The van der Waals surface area contributed by atoms with Crippen molar-refractivity contribution in [2.75, 3.05) is 20.1 Å². The normalized spacial score (nSPS) is 34.2. The van der Waals surface area contributed by atoms with Crippen molar-refractivity contribution < 1.29 is 4.74 Å². The lowest BCUT2D eigenvalue weighted by Gasteiger charge is -2.39. The van der Waals surface area contributed by atoms with E-state index in [0.29, 0.717) is 6.10 Å². The quantitative estimate of drug-likeness (QED) is 0.504. The first kappa shape index (κ1) is 8.02. The molecule has 2 heteroatoms. The molecule has 1 aliphatic heterocycles. The Balaban J connectivity index is 2.51. The largest absolute Gasteiger partial charge is 0.370 e. The minimum Gasteiger partial charge on any atom is -0.370 e. The fourth-order valence-corrected chi connectivity index (χ4v) is 1.77. The molecule has 1 unspecified atom stereocenters. The predicted octanol–water partition coefficient (Wildman–Crippen LogP) is 1.12. The molecule has 0 N–H and O–H groups in total. The fourth-order valence-electron chi connectivity index (χ4n) is 1.77. The third-order valence-electron chi connectivity index (χ3n) is 1.74. The number of likely N-dealkylation sites (N-methyl/N-ethyl adjacent to an activating group) is 1. The molecule has 1 atom stereocenters. The van der Waals surface area contributed by atoms with Crippen LogP contribution in [0, 0.1) is 0 Å². The van der Waals surface area contributed by atoms with Crippen molar-refractivity contribution in [2.24, 2.45) is 0 Å². The highest BCUT2D eigenvalue weighted by atomic mass is 16.5. The first-order valence-corrected chi connectivity index (χ1v) is 3.86. The number of morpholine rings is 1. The van der Waals surface area contributed by atoms with Gasteiger partial charge in [-0.3, -0.25) is 0 Å². The third kappa shape index (κ3) is 1.96. The first-order chi connectivity index (χ1) is 4.49. The summed E-state index contributed by atoms with van der Waals surface area (Å²) in [5, 5.41) is 0. The van der Waals surface area contributed by atoms with Crippen LogP contribution < -0.4 is 0 Å². The van der Waals surface area contributed by atoms with E-state index in [1.54, 1.807) is 0 Å². The zero-order valence-electron chi connectivity index (χ0n) is 7.35. The minimum atomic E-state index is 0.0480. The van der Waals surface area contributed by atoms with Crippen molar-refractivity contribution in [1.82, 2.24) is 4.90 Å². The van der Waals surface area contributed by atoms with Crippen LogP contribution in [-0.2, 0) is 4.74 Å². The van der Waals surface area contributed by atoms with Crippen LogP contribution in [0.25, 0.3) is 0 Å². The molecular formula is C8H17NO. The predicted molar refractivity (Wildman–Crippen MR) is 42.1 cm³/mol. The number of hydrogen-bond acceptors (Lipinski definition) is 2. The second-order valence-corrected chi connectivity index (χ2v) is 3.88.